The van der Waals surface area contributed by atoms with Crippen molar-refractivity contribution in [2.45, 2.75) is 19.9 Å². The highest BCUT2D eigenvalue weighted by Gasteiger charge is 2.27. The van der Waals surface area contributed by atoms with Gasteiger partial charge in [0.2, 0.25) is 0 Å². The predicted octanol–water partition coefficient (Wildman–Crippen LogP) is 3.98. The van der Waals surface area contributed by atoms with Crippen LogP contribution in [0.1, 0.15) is 40.1 Å². The van der Waals surface area contributed by atoms with E-state index in [4.69, 9.17) is 0 Å². The van der Waals surface area contributed by atoms with E-state index in [0.717, 1.165) is 11.1 Å². The molecule has 1 amide bonds. The zero-order valence-electron chi connectivity index (χ0n) is 14.9. The van der Waals surface area contributed by atoms with E-state index in [9.17, 15) is 4.79 Å². The van der Waals surface area contributed by atoms with Gasteiger partial charge in [-0.05, 0) is 43.2 Å². The third-order valence-electron chi connectivity index (χ3n) is 4.47. The summed E-state index contributed by atoms with van der Waals surface area (Å²) in [6.45, 7) is 4.69. The van der Waals surface area contributed by atoms with E-state index in [1.807, 2.05) is 60.1 Å². The van der Waals surface area contributed by atoms with Gasteiger partial charge in [0.15, 0.2) is 0 Å². The maximum atomic E-state index is 13.2. The van der Waals surface area contributed by atoms with E-state index >= 15 is 0 Å². The smallest absolute Gasteiger partial charge is 0.271 e. The molecule has 0 unspecified atom stereocenters. The number of hydrogen-bond acceptors (Lipinski definition) is 2. The average Bonchev–Trinajstić information content (AvgIpc) is 3.07. The van der Waals surface area contributed by atoms with Crippen molar-refractivity contribution in [1.29, 1.82) is 0 Å². The molecular weight excluding hydrogens is 310 g/mol. The fourth-order valence-corrected chi connectivity index (χ4v) is 3.11. The molecule has 0 spiro atoms. The Balaban J connectivity index is 2.07. The number of carbonyl (C=O) groups excluding carboxylic acids is 1. The average molecular weight is 333 g/mol. The molecule has 2 aromatic heterocycles. The van der Waals surface area contributed by atoms with Crippen molar-refractivity contribution in [1.82, 2.24) is 14.5 Å². The molecule has 3 rings (SSSR count). The number of pyridine rings is 1. The fraction of sp³-hybridized carbons (Fsp3) is 0.238. The van der Waals surface area contributed by atoms with Gasteiger partial charge in [-0.1, -0.05) is 35.9 Å². The minimum atomic E-state index is -0.165. The molecule has 3 aromatic rings. The Morgan fingerprint density at radius 1 is 1.12 bits per heavy atom. The highest BCUT2D eigenvalue weighted by atomic mass is 16.2. The normalized spacial score (nSPS) is 12.0. The Kier molecular flexibility index (Phi) is 4.98. The number of amides is 1. The quantitative estimate of drug-likeness (QED) is 0.708. The zero-order chi connectivity index (χ0) is 17.8. The van der Waals surface area contributed by atoms with Crippen LogP contribution >= 0.6 is 0 Å². The van der Waals surface area contributed by atoms with Crippen LogP contribution in [0.25, 0.3) is 0 Å². The maximum Gasteiger partial charge on any atom is 0.271 e. The second-order valence-corrected chi connectivity index (χ2v) is 6.20. The van der Waals surface area contributed by atoms with Gasteiger partial charge >= 0.3 is 0 Å². The van der Waals surface area contributed by atoms with Crippen molar-refractivity contribution < 1.29 is 4.79 Å². The van der Waals surface area contributed by atoms with Crippen molar-refractivity contribution in [3.8, 4) is 0 Å². The van der Waals surface area contributed by atoms with Crippen molar-refractivity contribution in [2.24, 2.45) is 7.05 Å². The summed E-state index contributed by atoms with van der Waals surface area (Å²) < 4.78 is 1.86. The molecule has 0 radical (unpaired) electrons. The van der Waals surface area contributed by atoms with E-state index in [1.165, 1.54) is 5.56 Å². The molecule has 0 saturated heterocycles. The zero-order valence-corrected chi connectivity index (χ0v) is 14.9. The van der Waals surface area contributed by atoms with Crippen LogP contribution in [0.2, 0.25) is 0 Å². The second-order valence-electron chi connectivity index (χ2n) is 6.20. The Labute approximate surface area is 148 Å². The molecule has 0 fully saturated rings. The first-order valence-corrected chi connectivity index (χ1v) is 8.50. The van der Waals surface area contributed by atoms with Gasteiger partial charge in [-0.2, -0.15) is 0 Å². The third kappa shape index (κ3) is 3.48. The molecule has 25 heavy (non-hydrogen) atoms. The molecule has 4 heteroatoms. The summed E-state index contributed by atoms with van der Waals surface area (Å²) in [6.07, 6.45) is 5.49. The Morgan fingerprint density at radius 2 is 1.88 bits per heavy atom. The number of rotatable bonds is 5. The lowest BCUT2D eigenvalue weighted by atomic mass is 9.97. The van der Waals surface area contributed by atoms with Crippen LogP contribution in [0.4, 0.5) is 0 Å². The van der Waals surface area contributed by atoms with Crippen LogP contribution in [0.3, 0.4) is 0 Å². The number of carbonyl (C=O) groups is 1. The minimum absolute atomic E-state index is 0.0180. The van der Waals surface area contributed by atoms with Gasteiger partial charge in [0.05, 0.1) is 6.04 Å². The van der Waals surface area contributed by atoms with Crippen molar-refractivity contribution in [3.05, 3.63) is 89.5 Å². The van der Waals surface area contributed by atoms with Crippen molar-refractivity contribution in [3.63, 3.8) is 0 Å². The molecular formula is C21H23N3O. The molecule has 1 aromatic carbocycles. The number of aromatic nitrogens is 2. The van der Waals surface area contributed by atoms with E-state index in [-0.39, 0.29) is 11.9 Å². The van der Waals surface area contributed by atoms with Crippen molar-refractivity contribution >= 4 is 5.91 Å². The number of hydrogen-bond donors (Lipinski definition) is 0. The lowest BCUT2D eigenvalue weighted by Crippen LogP contribution is -2.36. The van der Waals surface area contributed by atoms with Gasteiger partial charge in [-0.3, -0.25) is 9.78 Å². The molecule has 0 saturated carbocycles. The number of nitrogens with zero attached hydrogens (tertiary/aromatic N) is 3. The lowest BCUT2D eigenvalue weighted by molar-refractivity contribution is 0.0707. The maximum absolute atomic E-state index is 13.2. The first kappa shape index (κ1) is 17.0. The number of aryl methyl sites for hydroxylation is 2. The first-order valence-electron chi connectivity index (χ1n) is 8.50. The molecule has 1 atom stereocenters. The van der Waals surface area contributed by atoms with E-state index in [1.54, 1.807) is 6.20 Å². The summed E-state index contributed by atoms with van der Waals surface area (Å²) in [5.74, 6) is 0.0180. The van der Waals surface area contributed by atoms with Crippen LogP contribution in [0.5, 0.6) is 0 Å². The molecule has 0 bridgehead atoms. The summed E-state index contributed by atoms with van der Waals surface area (Å²) in [5, 5.41) is 0. The molecule has 0 aliphatic carbocycles. The minimum Gasteiger partial charge on any atom is -0.347 e. The van der Waals surface area contributed by atoms with Gasteiger partial charge in [-0.15, -0.1) is 0 Å². The van der Waals surface area contributed by atoms with Crippen LogP contribution in [-0.4, -0.2) is 26.9 Å². The first-order chi connectivity index (χ1) is 12.1. The summed E-state index contributed by atoms with van der Waals surface area (Å²) in [7, 11) is 1.89. The van der Waals surface area contributed by atoms with Gasteiger partial charge < -0.3 is 9.47 Å². The van der Waals surface area contributed by atoms with Crippen LogP contribution in [0.15, 0.2) is 67.1 Å². The Bertz CT molecular complexity index is 837. The van der Waals surface area contributed by atoms with Crippen LogP contribution in [0, 0.1) is 6.92 Å². The summed E-state index contributed by atoms with van der Waals surface area (Å²) in [6, 6.07) is 15.9. The van der Waals surface area contributed by atoms with Gasteiger partial charge in [0.1, 0.15) is 5.69 Å². The Morgan fingerprint density at radius 3 is 2.44 bits per heavy atom. The highest BCUT2D eigenvalue weighted by Crippen LogP contribution is 2.29. The largest absolute Gasteiger partial charge is 0.347 e. The topological polar surface area (TPSA) is 38.1 Å². The van der Waals surface area contributed by atoms with E-state index in [2.05, 4.69) is 36.2 Å². The van der Waals surface area contributed by atoms with Crippen LogP contribution < -0.4 is 0 Å². The molecule has 0 N–H and O–H groups in total. The standard InChI is InChI=1S/C21H23N3O/c1-4-24(21(25)19-8-6-14-23(19)3)20(18-7-5-13-22-15-18)17-11-9-16(2)10-12-17/h5-15,20H,4H2,1-3H3/t20-/m0/s1. The Hall–Kier alpha value is -2.88. The predicted molar refractivity (Wildman–Crippen MR) is 99.4 cm³/mol. The fourth-order valence-electron chi connectivity index (χ4n) is 3.11. The van der Waals surface area contributed by atoms with Crippen molar-refractivity contribution in [2.75, 3.05) is 6.54 Å². The molecule has 0 aliphatic rings. The van der Waals surface area contributed by atoms with Gasteiger partial charge in [0, 0.05) is 32.2 Å². The molecule has 4 nitrogen and oxygen atoms in total. The molecule has 128 valence electrons. The third-order valence-corrected chi connectivity index (χ3v) is 4.47. The summed E-state index contributed by atoms with van der Waals surface area (Å²) in [5.41, 5.74) is 3.98. The van der Waals surface area contributed by atoms with Crippen LogP contribution in [-0.2, 0) is 7.05 Å². The summed E-state index contributed by atoms with van der Waals surface area (Å²) >= 11 is 0. The number of benzene rings is 1. The molecule has 2 heterocycles. The molecule has 0 aliphatic heterocycles. The van der Waals surface area contributed by atoms with E-state index < -0.39 is 0 Å². The van der Waals surface area contributed by atoms with Gasteiger partial charge in [-0.25, -0.2) is 0 Å². The monoisotopic (exact) mass is 333 g/mol. The SMILES string of the molecule is CCN(C(=O)c1cccn1C)[C@@H](c1ccc(C)cc1)c1cccnc1. The van der Waals surface area contributed by atoms with E-state index in [0.29, 0.717) is 12.2 Å². The summed E-state index contributed by atoms with van der Waals surface area (Å²) in [4.78, 5) is 19.4. The van der Waals surface area contributed by atoms with Gasteiger partial charge in [0.25, 0.3) is 5.91 Å². The second kappa shape index (κ2) is 7.34. The highest BCUT2D eigenvalue weighted by molar-refractivity contribution is 5.93. The lowest BCUT2D eigenvalue weighted by Gasteiger charge is -2.31.